The molecule has 0 N–H and O–H groups in total. The van der Waals surface area contributed by atoms with Gasteiger partial charge in [-0.1, -0.05) is 43.9 Å². The zero-order valence-corrected chi connectivity index (χ0v) is 22.7. The van der Waals surface area contributed by atoms with Gasteiger partial charge in [-0.3, -0.25) is 19.3 Å². The van der Waals surface area contributed by atoms with Gasteiger partial charge in [0.2, 0.25) is 5.91 Å². The second-order valence-corrected chi connectivity index (χ2v) is 16.5. The van der Waals surface area contributed by atoms with Crippen molar-refractivity contribution in [3.8, 4) is 0 Å². The Morgan fingerprint density at radius 3 is 2.72 bits per heavy atom. The maximum atomic E-state index is 13.3. The third kappa shape index (κ3) is 6.50. The maximum absolute atomic E-state index is 13.3. The van der Waals surface area contributed by atoms with Crippen LogP contribution in [-0.2, 0) is 30.3 Å². The van der Waals surface area contributed by atoms with Gasteiger partial charge in [0.25, 0.3) is 11.8 Å². The number of imide groups is 1. The van der Waals surface area contributed by atoms with E-state index < -0.39 is 14.1 Å². The summed E-state index contributed by atoms with van der Waals surface area (Å²) in [5, 5.41) is 0. The average Bonchev–Trinajstić information content (AvgIpc) is 3.18. The summed E-state index contributed by atoms with van der Waals surface area (Å²) in [4.78, 5) is 41.8. The third-order valence-electron chi connectivity index (χ3n) is 6.92. The van der Waals surface area contributed by atoms with E-state index in [1.807, 2.05) is 24.3 Å². The fraction of sp³-hybridized carbons (Fsp3) is 0.593. The highest BCUT2D eigenvalue weighted by Gasteiger charge is 2.43. The Labute approximate surface area is 214 Å². The molecule has 196 valence electrons. The number of hydrogen-bond acceptors (Lipinski definition) is 6. The Morgan fingerprint density at radius 2 is 1.97 bits per heavy atom. The summed E-state index contributed by atoms with van der Waals surface area (Å²) in [7, 11) is -1.27. The minimum absolute atomic E-state index is 0.0493. The molecule has 3 aliphatic rings. The van der Waals surface area contributed by atoms with E-state index in [-0.39, 0.29) is 37.2 Å². The smallest absolute Gasteiger partial charge is 0.255 e. The molecule has 0 saturated carbocycles. The van der Waals surface area contributed by atoms with E-state index in [4.69, 9.17) is 14.2 Å². The molecule has 9 heteroatoms. The molecular weight excluding hydrogens is 476 g/mol. The molecule has 0 aromatic heterocycles. The number of benzene rings is 1. The largest absolute Gasteiger partial charge is 0.361 e. The van der Waals surface area contributed by atoms with Crippen molar-refractivity contribution < 1.29 is 28.6 Å². The van der Waals surface area contributed by atoms with Crippen molar-refractivity contribution in [2.45, 2.75) is 76.7 Å². The number of rotatable bonds is 10. The van der Waals surface area contributed by atoms with Gasteiger partial charge < -0.3 is 19.1 Å². The lowest BCUT2D eigenvalue weighted by atomic mass is 10.0. The third-order valence-corrected chi connectivity index (χ3v) is 8.63. The first-order chi connectivity index (χ1) is 17.2. The predicted octanol–water partition coefficient (Wildman–Crippen LogP) is 4.03. The lowest BCUT2D eigenvalue weighted by molar-refractivity contribution is -0.158. The minimum atomic E-state index is -1.27. The first-order valence-electron chi connectivity index (χ1n) is 13.0. The lowest BCUT2D eigenvalue weighted by Crippen LogP contribution is -2.55. The lowest BCUT2D eigenvalue weighted by Gasteiger charge is -2.35. The number of fused-ring (bicyclic) bond motifs is 1. The summed E-state index contributed by atoms with van der Waals surface area (Å²) in [5.41, 5.74) is 2.44. The van der Waals surface area contributed by atoms with Gasteiger partial charge in [-0.25, -0.2) is 0 Å². The highest BCUT2D eigenvalue weighted by Crippen LogP contribution is 2.31. The molecule has 36 heavy (non-hydrogen) atoms. The van der Waals surface area contributed by atoms with E-state index >= 15 is 0 Å². The predicted molar refractivity (Wildman–Crippen MR) is 139 cm³/mol. The van der Waals surface area contributed by atoms with Crippen LogP contribution in [-0.4, -0.2) is 74.5 Å². The molecular formula is C27H38N2O6Si. The van der Waals surface area contributed by atoms with Crippen molar-refractivity contribution in [3.63, 3.8) is 0 Å². The number of ether oxygens (including phenoxy) is 3. The molecule has 3 amide bonds. The molecule has 2 fully saturated rings. The first-order valence-corrected chi connectivity index (χ1v) is 16.7. The number of piperidine rings is 1. The Kier molecular flexibility index (Phi) is 8.77. The van der Waals surface area contributed by atoms with Crippen molar-refractivity contribution in [1.82, 2.24) is 9.80 Å². The Morgan fingerprint density at radius 1 is 1.14 bits per heavy atom. The minimum Gasteiger partial charge on any atom is -0.361 e. The van der Waals surface area contributed by atoms with Crippen LogP contribution in [0.3, 0.4) is 0 Å². The monoisotopic (exact) mass is 514 g/mol. The Balaban J connectivity index is 1.38. The van der Waals surface area contributed by atoms with Crippen LogP contribution >= 0.6 is 0 Å². The van der Waals surface area contributed by atoms with Crippen molar-refractivity contribution in [2.75, 3.05) is 26.6 Å². The van der Waals surface area contributed by atoms with Crippen LogP contribution in [0.15, 0.2) is 24.3 Å². The van der Waals surface area contributed by atoms with Gasteiger partial charge in [-0.15, -0.1) is 0 Å². The van der Waals surface area contributed by atoms with Crippen molar-refractivity contribution in [1.29, 1.82) is 0 Å². The SMILES string of the molecule is C[Si](C)(C)CCOCN1C(=O)CCC(N2Cc3c(/C=C/COC4CCCCO4)cccc3C2=O)C1=O. The highest BCUT2D eigenvalue weighted by molar-refractivity contribution is 6.76. The standard InChI is InChI=1S/C27H38N2O6Si/c1-36(2,3)17-16-33-19-29-24(30)13-12-23(27(29)32)28-18-22-20(8-6-10-21(22)26(28)31)9-7-15-35-25-11-4-5-14-34-25/h6-10,23,25H,4-5,11-19H2,1-3H3/b9-7+. The van der Waals surface area contributed by atoms with E-state index in [9.17, 15) is 14.4 Å². The fourth-order valence-electron chi connectivity index (χ4n) is 4.75. The summed E-state index contributed by atoms with van der Waals surface area (Å²) in [6.07, 6.45) is 7.42. The topological polar surface area (TPSA) is 85.4 Å². The number of amides is 3. The van der Waals surface area contributed by atoms with E-state index in [1.165, 1.54) is 4.90 Å². The molecule has 1 aromatic rings. The van der Waals surface area contributed by atoms with E-state index in [2.05, 4.69) is 19.6 Å². The van der Waals surface area contributed by atoms with Crippen LogP contribution in [0.25, 0.3) is 6.08 Å². The zero-order valence-electron chi connectivity index (χ0n) is 21.7. The van der Waals surface area contributed by atoms with Crippen molar-refractivity contribution in [3.05, 3.63) is 41.0 Å². The van der Waals surface area contributed by atoms with Crippen molar-refractivity contribution >= 4 is 31.9 Å². The molecule has 2 unspecified atom stereocenters. The van der Waals surface area contributed by atoms with Crippen LogP contribution in [0.2, 0.25) is 25.7 Å². The van der Waals surface area contributed by atoms with Gasteiger partial charge in [0.15, 0.2) is 6.29 Å². The summed E-state index contributed by atoms with van der Waals surface area (Å²) in [5.74, 6) is -0.753. The number of likely N-dealkylation sites (tertiary alicyclic amines) is 1. The molecule has 0 aliphatic carbocycles. The van der Waals surface area contributed by atoms with Gasteiger partial charge >= 0.3 is 0 Å². The zero-order chi connectivity index (χ0) is 25.7. The fourth-order valence-corrected chi connectivity index (χ4v) is 5.50. The van der Waals surface area contributed by atoms with Gasteiger partial charge in [-0.2, -0.15) is 0 Å². The Hall–Kier alpha value is -2.33. The molecule has 0 bridgehead atoms. The van der Waals surface area contributed by atoms with Crippen LogP contribution in [0, 0.1) is 0 Å². The van der Waals surface area contributed by atoms with Crippen LogP contribution in [0.1, 0.15) is 53.6 Å². The summed E-state index contributed by atoms with van der Waals surface area (Å²) in [6.45, 7) is 8.75. The van der Waals surface area contributed by atoms with Gasteiger partial charge in [0.05, 0.1) is 6.61 Å². The van der Waals surface area contributed by atoms with E-state index in [1.54, 1.807) is 11.0 Å². The van der Waals surface area contributed by atoms with Crippen LogP contribution in [0.4, 0.5) is 0 Å². The van der Waals surface area contributed by atoms with Crippen LogP contribution in [0.5, 0.6) is 0 Å². The molecule has 0 spiro atoms. The molecule has 2 saturated heterocycles. The summed E-state index contributed by atoms with van der Waals surface area (Å²) < 4.78 is 17.1. The maximum Gasteiger partial charge on any atom is 0.255 e. The average molecular weight is 515 g/mol. The molecule has 2 atom stereocenters. The second-order valence-electron chi connectivity index (χ2n) is 10.9. The van der Waals surface area contributed by atoms with Crippen LogP contribution < -0.4 is 0 Å². The molecule has 1 aromatic carbocycles. The van der Waals surface area contributed by atoms with Gasteiger partial charge in [0, 0.05) is 39.8 Å². The first kappa shape index (κ1) is 26.7. The molecule has 4 rings (SSSR count). The van der Waals surface area contributed by atoms with Crippen molar-refractivity contribution in [2.24, 2.45) is 0 Å². The number of hydrogen-bond donors (Lipinski definition) is 0. The number of carbonyl (C=O) groups is 3. The molecule has 3 heterocycles. The second kappa shape index (κ2) is 11.8. The van der Waals surface area contributed by atoms with E-state index in [0.29, 0.717) is 31.7 Å². The van der Waals surface area contributed by atoms with E-state index in [0.717, 1.165) is 43.0 Å². The normalized spacial score (nSPS) is 23.1. The summed E-state index contributed by atoms with van der Waals surface area (Å²) in [6, 6.07) is 5.93. The highest BCUT2D eigenvalue weighted by atomic mass is 28.3. The van der Waals surface area contributed by atoms with Gasteiger partial charge in [0.1, 0.15) is 12.8 Å². The molecule has 3 aliphatic heterocycles. The number of carbonyl (C=O) groups excluding carboxylic acids is 3. The number of nitrogens with zero attached hydrogens (tertiary/aromatic N) is 2. The quantitative estimate of drug-likeness (QED) is 0.266. The molecule has 0 radical (unpaired) electrons. The molecule has 8 nitrogen and oxygen atoms in total. The summed E-state index contributed by atoms with van der Waals surface area (Å²) >= 11 is 0. The Bertz CT molecular complexity index is 998. The van der Waals surface area contributed by atoms with Gasteiger partial charge in [-0.05, 0) is 48.9 Å².